The van der Waals surface area contributed by atoms with Gasteiger partial charge >= 0.3 is 12.2 Å². The second-order valence-corrected chi connectivity index (χ2v) is 15.3. The van der Waals surface area contributed by atoms with Crippen molar-refractivity contribution in [2.45, 2.75) is 79.1 Å². The second kappa shape index (κ2) is 26.2. The van der Waals surface area contributed by atoms with Gasteiger partial charge in [0.2, 0.25) is 5.95 Å². The molecule has 2 atom stereocenters. The summed E-state index contributed by atoms with van der Waals surface area (Å²) in [5.74, 6) is 6.12. The van der Waals surface area contributed by atoms with Gasteiger partial charge in [0.25, 0.3) is 0 Å². The van der Waals surface area contributed by atoms with E-state index in [-0.39, 0.29) is 5.95 Å². The van der Waals surface area contributed by atoms with Gasteiger partial charge in [0, 0.05) is 49.3 Å². The number of hydrogen-bond acceptors (Lipinski definition) is 11. The Labute approximate surface area is 270 Å². The maximum absolute atomic E-state index is 12.2. The summed E-state index contributed by atoms with van der Waals surface area (Å²) in [6.07, 6.45) is 10.7. The molecule has 0 radical (unpaired) electrons. The number of alkyl carbamates (subject to hydrolysis) is 1. The molecule has 1 rings (SSSR count). The molecule has 0 aliphatic carbocycles. The van der Waals surface area contributed by atoms with Gasteiger partial charge in [-0.25, -0.2) is 14.6 Å². The van der Waals surface area contributed by atoms with Crippen molar-refractivity contribution < 1.29 is 19.1 Å². The van der Waals surface area contributed by atoms with Gasteiger partial charge in [-0.15, -0.1) is 0 Å². The van der Waals surface area contributed by atoms with E-state index in [0.29, 0.717) is 32.1 Å². The minimum absolute atomic E-state index is 0.173. The fourth-order valence-corrected chi connectivity index (χ4v) is 8.55. The molecular formula is C29H53N5O4S4. The fourth-order valence-electron chi connectivity index (χ4n) is 3.78. The van der Waals surface area contributed by atoms with Gasteiger partial charge < -0.3 is 19.7 Å². The number of carbonyl (C=O) groups is 2. The zero-order valence-electron chi connectivity index (χ0n) is 26.2. The van der Waals surface area contributed by atoms with Gasteiger partial charge in [-0.2, -0.15) is 4.98 Å². The topological polar surface area (TPSA) is 106 Å². The van der Waals surface area contributed by atoms with Gasteiger partial charge in [-0.05, 0) is 30.7 Å². The van der Waals surface area contributed by atoms with Gasteiger partial charge in [0.05, 0.1) is 0 Å². The zero-order valence-corrected chi connectivity index (χ0v) is 29.5. The van der Waals surface area contributed by atoms with E-state index in [1.807, 2.05) is 33.5 Å². The number of rotatable bonds is 25. The van der Waals surface area contributed by atoms with Crippen molar-refractivity contribution in [1.82, 2.24) is 15.3 Å². The summed E-state index contributed by atoms with van der Waals surface area (Å²) < 4.78 is 10.6. The second-order valence-electron chi connectivity index (χ2n) is 10.0. The molecule has 13 heteroatoms. The first-order valence-electron chi connectivity index (χ1n) is 15.3. The molecule has 1 aromatic heterocycles. The molecule has 2 amide bonds. The van der Waals surface area contributed by atoms with Crippen molar-refractivity contribution in [2.75, 3.05) is 66.6 Å². The molecule has 0 bridgehead atoms. The van der Waals surface area contributed by atoms with Crippen LogP contribution in [-0.2, 0) is 9.47 Å². The summed E-state index contributed by atoms with van der Waals surface area (Å²) in [5, 5.41) is 5.36. The molecule has 1 aromatic rings. The maximum Gasteiger partial charge on any atom is 0.414 e. The SMILES string of the molecule is CCCCC(CC)CSSCCOC(=O)NCCN(C)c1ccnc(NC(=O)OCCSSCC(CC)CCCC)n1. The first-order chi connectivity index (χ1) is 20.4. The van der Waals surface area contributed by atoms with Crippen molar-refractivity contribution >= 4 is 67.1 Å². The highest BCUT2D eigenvalue weighted by atomic mass is 33.1. The van der Waals surface area contributed by atoms with Crippen LogP contribution in [0.3, 0.4) is 0 Å². The van der Waals surface area contributed by atoms with Crippen LogP contribution in [0, 0.1) is 11.8 Å². The van der Waals surface area contributed by atoms with Crippen LogP contribution in [-0.4, -0.2) is 78.5 Å². The number of nitrogens with one attached hydrogen (secondary N) is 2. The van der Waals surface area contributed by atoms with E-state index >= 15 is 0 Å². The number of anilines is 2. The molecule has 1 heterocycles. The Morgan fingerprint density at radius 3 is 2.00 bits per heavy atom. The van der Waals surface area contributed by atoms with Gasteiger partial charge in [0.15, 0.2) is 0 Å². The Balaban J connectivity index is 2.19. The van der Waals surface area contributed by atoms with E-state index in [9.17, 15) is 9.59 Å². The summed E-state index contributed by atoms with van der Waals surface area (Å²) >= 11 is 0. The lowest BCUT2D eigenvalue weighted by Gasteiger charge is -2.18. The molecule has 0 saturated carbocycles. The lowest BCUT2D eigenvalue weighted by Crippen LogP contribution is -2.34. The molecule has 0 fully saturated rings. The molecule has 0 aliphatic rings. The Kier molecular flexibility index (Phi) is 24.3. The Morgan fingerprint density at radius 2 is 1.45 bits per heavy atom. The molecule has 0 aliphatic heterocycles. The normalized spacial score (nSPS) is 12.4. The third-order valence-electron chi connectivity index (χ3n) is 6.62. The smallest absolute Gasteiger partial charge is 0.414 e. The van der Waals surface area contributed by atoms with Crippen LogP contribution in [0.15, 0.2) is 12.3 Å². The Hall–Kier alpha value is -1.18. The van der Waals surface area contributed by atoms with E-state index in [0.717, 1.165) is 34.8 Å². The average molecular weight is 664 g/mol. The molecular weight excluding hydrogens is 611 g/mol. The standard InChI is InChI=1S/C29H53N5O4S4/c1-6-10-12-24(8-3)22-41-39-20-18-37-28(35)31-16-17-34(5)26-14-15-30-27(32-26)33-29(36)38-19-21-40-42-23-25(9-4)13-11-7-2/h14-15,24-25H,6-13,16-23H2,1-5H3,(H,31,35)(H,30,32,33,36). The first kappa shape index (κ1) is 38.8. The molecule has 2 unspecified atom stereocenters. The van der Waals surface area contributed by atoms with Crippen molar-refractivity contribution in [1.29, 1.82) is 0 Å². The Morgan fingerprint density at radius 1 is 0.881 bits per heavy atom. The number of unbranched alkanes of at least 4 members (excludes halogenated alkanes) is 2. The van der Waals surface area contributed by atoms with Crippen LogP contribution in [0.4, 0.5) is 21.4 Å². The molecule has 0 saturated heterocycles. The molecule has 42 heavy (non-hydrogen) atoms. The highest BCUT2D eigenvalue weighted by Crippen LogP contribution is 2.28. The highest BCUT2D eigenvalue weighted by molar-refractivity contribution is 8.77. The molecule has 0 aromatic carbocycles. The minimum Gasteiger partial charge on any atom is -0.449 e. The predicted octanol–water partition coefficient (Wildman–Crippen LogP) is 8.38. The molecule has 0 spiro atoms. The fraction of sp³-hybridized carbons (Fsp3) is 0.793. The van der Waals surface area contributed by atoms with Crippen LogP contribution < -0.4 is 15.5 Å². The highest BCUT2D eigenvalue weighted by Gasteiger charge is 2.11. The summed E-state index contributed by atoms with van der Waals surface area (Å²) in [7, 11) is 9.08. The molecule has 9 nitrogen and oxygen atoms in total. The van der Waals surface area contributed by atoms with Gasteiger partial charge in [-0.3, -0.25) is 5.32 Å². The first-order valence-corrected chi connectivity index (χ1v) is 20.3. The lowest BCUT2D eigenvalue weighted by atomic mass is 10.0. The number of ether oxygens (including phenoxy) is 2. The molecule has 2 N–H and O–H groups in total. The number of amides is 2. The number of aromatic nitrogens is 2. The third-order valence-corrected chi connectivity index (χ3v) is 11.7. The number of hydrogen-bond donors (Lipinski definition) is 2. The average Bonchev–Trinajstić information content (AvgIpc) is 2.99. The maximum atomic E-state index is 12.2. The Bertz CT molecular complexity index is 843. The summed E-state index contributed by atoms with van der Waals surface area (Å²) in [4.78, 5) is 34.5. The van der Waals surface area contributed by atoms with Crippen molar-refractivity contribution in [3.8, 4) is 0 Å². The van der Waals surface area contributed by atoms with Crippen LogP contribution >= 0.6 is 43.2 Å². The van der Waals surface area contributed by atoms with E-state index < -0.39 is 12.2 Å². The largest absolute Gasteiger partial charge is 0.449 e. The summed E-state index contributed by atoms with van der Waals surface area (Å²) in [6.45, 7) is 10.6. The number of carbonyl (C=O) groups excluding carboxylic acids is 2. The monoisotopic (exact) mass is 663 g/mol. The quantitative estimate of drug-likeness (QED) is 0.0778. The third kappa shape index (κ3) is 19.9. The summed E-state index contributed by atoms with van der Waals surface area (Å²) in [5.41, 5.74) is 0. The predicted molar refractivity (Wildman–Crippen MR) is 186 cm³/mol. The van der Waals surface area contributed by atoms with Gasteiger partial charge in [0.1, 0.15) is 19.0 Å². The minimum atomic E-state index is -0.572. The van der Waals surface area contributed by atoms with Crippen molar-refractivity contribution in [2.24, 2.45) is 11.8 Å². The molecule has 242 valence electrons. The summed E-state index contributed by atoms with van der Waals surface area (Å²) in [6, 6.07) is 1.74. The van der Waals surface area contributed by atoms with E-state index in [1.54, 1.807) is 33.9 Å². The van der Waals surface area contributed by atoms with Crippen molar-refractivity contribution in [3.05, 3.63) is 12.3 Å². The van der Waals surface area contributed by atoms with Crippen LogP contribution in [0.2, 0.25) is 0 Å². The van der Waals surface area contributed by atoms with Crippen LogP contribution in [0.1, 0.15) is 79.1 Å². The number of nitrogens with zero attached hydrogens (tertiary/aromatic N) is 3. The van der Waals surface area contributed by atoms with Crippen molar-refractivity contribution in [3.63, 3.8) is 0 Å². The van der Waals surface area contributed by atoms with Crippen LogP contribution in [0.25, 0.3) is 0 Å². The van der Waals surface area contributed by atoms with E-state index in [2.05, 4.69) is 48.3 Å². The van der Waals surface area contributed by atoms with E-state index in [1.165, 1.54) is 51.4 Å². The van der Waals surface area contributed by atoms with Gasteiger partial charge in [-0.1, -0.05) is 109 Å². The van der Waals surface area contributed by atoms with Crippen LogP contribution in [0.5, 0.6) is 0 Å². The lowest BCUT2D eigenvalue weighted by molar-refractivity contribution is 0.153. The number of likely N-dealkylation sites (N-methyl/N-ethyl adjacent to an activating group) is 1. The zero-order chi connectivity index (χ0) is 30.8. The van der Waals surface area contributed by atoms with E-state index in [4.69, 9.17) is 9.47 Å².